The molecule has 1 aliphatic carbocycles. The third kappa shape index (κ3) is 3.28. The summed E-state index contributed by atoms with van der Waals surface area (Å²) < 4.78 is 59.1. The molecule has 2 heterocycles. The van der Waals surface area contributed by atoms with Crippen LogP contribution in [0.2, 0.25) is 0 Å². The molecule has 140 valence electrons. The highest BCUT2D eigenvalue weighted by Crippen LogP contribution is 2.34. The van der Waals surface area contributed by atoms with Crippen molar-refractivity contribution in [2.24, 2.45) is 7.05 Å². The summed E-state index contributed by atoms with van der Waals surface area (Å²) >= 11 is -3.97. The normalized spacial score (nSPS) is 14.3. The number of halogens is 3. The molecule has 1 unspecified atom stereocenters. The Labute approximate surface area is 148 Å². The van der Waals surface area contributed by atoms with Gasteiger partial charge in [0.1, 0.15) is 0 Å². The van der Waals surface area contributed by atoms with Crippen LogP contribution in [-0.2, 0) is 39.9 Å². The largest absolute Gasteiger partial charge is 0.615 e. The number of nitrogens with zero attached hydrogens (tertiary/aromatic N) is 4. The highest BCUT2D eigenvalue weighted by Gasteiger charge is 2.48. The number of aryl methyl sites for hydroxylation is 2. The average molecular weight is 391 g/mol. The molecule has 2 aromatic heterocycles. The molecule has 1 atom stereocenters. The van der Waals surface area contributed by atoms with Gasteiger partial charge in [-0.05, 0) is 25.3 Å². The van der Waals surface area contributed by atoms with Crippen LogP contribution in [0.1, 0.15) is 28.5 Å². The molecule has 0 saturated carbocycles. The molecular formula is C14H14F3N4O4S+. The van der Waals surface area contributed by atoms with Crippen molar-refractivity contribution in [2.75, 3.05) is 6.61 Å². The minimum Gasteiger partial charge on any atom is -0.461 e. The average Bonchev–Trinajstić information content (AvgIpc) is 2.91. The molecule has 2 aromatic rings. The summed E-state index contributed by atoms with van der Waals surface area (Å²) in [4.78, 5) is 19.7. The Hall–Kier alpha value is -2.50. The summed E-state index contributed by atoms with van der Waals surface area (Å²) in [6.07, 6.45) is 2.26. The van der Waals surface area contributed by atoms with Crippen molar-refractivity contribution in [1.82, 2.24) is 19.7 Å². The molecule has 1 aliphatic rings. The Morgan fingerprint density at radius 3 is 2.77 bits per heavy atom. The van der Waals surface area contributed by atoms with Crippen LogP contribution in [0.3, 0.4) is 0 Å². The summed E-state index contributed by atoms with van der Waals surface area (Å²) in [6, 6.07) is -0.658. The first kappa shape index (κ1) is 18.3. The second-order valence-electron chi connectivity index (χ2n) is 5.36. The molecule has 26 heavy (non-hydrogen) atoms. The fourth-order valence-electron chi connectivity index (χ4n) is 2.67. The van der Waals surface area contributed by atoms with E-state index >= 15 is 0 Å². The van der Waals surface area contributed by atoms with Gasteiger partial charge < -0.3 is 4.74 Å². The van der Waals surface area contributed by atoms with Crippen LogP contribution < -0.4 is 4.18 Å². The van der Waals surface area contributed by atoms with Crippen molar-refractivity contribution >= 4 is 17.0 Å². The Bertz CT molecular complexity index is 897. The van der Waals surface area contributed by atoms with Crippen LogP contribution in [0, 0.1) is 0 Å². The quantitative estimate of drug-likeness (QED) is 0.444. The SMILES string of the molecule is CCOC(=O)c1nn(C)c2c1CCc1cnc(O[SH+](=O)C(F)(F)F)nc1-2. The van der Waals surface area contributed by atoms with E-state index in [-0.39, 0.29) is 18.0 Å². The van der Waals surface area contributed by atoms with Crippen LogP contribution in [0.25, 0.3) is 11.4 Å². The monoisotopic (exact) mass is 391 g/mol. The number of ether oxygens (including phenoxy) is 1. The van der Waals surface area contributed by atoms with Crippen LogP contribution in [0.5, 0.6) is 6.01 Å². The molecule has 0 spiro atoms. The summed E-state index contributed by atoms with van der Waals surface area (Å²) in [6.45, 7) is 1.85. The van der Waals surface area contributed by atoms with Crippen LogP contribution in [0.4, 0.5) is 13.2 Å². The third-order valence-electron chi connectivity index (χ3n) is 3.70. The van der Waals surface area contributed by atoms with E-state index in [1.54, 1.807) is 14.0 Å². The number of alkyl halides is 3. The third-order valence-corrected chi connectivity index (χ3v) is 4.44. The Kier molecular flexibility index (Phi) is 4.69. The van der Waals surface area contributed by atoms with Gasteiger partial charge in [-0.1, -0.05) is 4.21 Å². The standard InChI is InChI=1S/C14H13F3N4O4S/c1-3-24-12(22)10-8-5-4-7-6-18-13(25-26(23)14(15,16)17)19-9(7)11(8)21(2)20-10/h6H,3-5H2,1-2H3/p+1. The van der Waals surface area contributed by atoms with E-state index in [4.69, 9.17) is 4.74 Å². The Morgan fingerprint density at radius 1 is 1.38 bits per heavy atom. The number of hydrogen-bond acceptors (Lipinski definition) is 7. The first-order valence-electron chi connectivity index (χ1n) is 7.53. The maximum absolute atomic E-state index is 12.4. The number of esters is 1. The summed E-state index contributed by atoms with van der Waals surface area (Å²) in [5.74, 6) is -0.585. The lowest BCUT2D eigenvalue weighted by atomic mass is 9.93. The lowest BCUT2D eigenvalue weighted by molar-refractivity contribution is -0.0447. The maximum Gasteiger partial charge on any atom is 0.615 e. The van der Waals surface area contributed by atoms with E-state index in [0.717, 1.165) is 0 Å². The van der Waals surface area contributed by atoms with Gasteiger partial charge in [-0.3, -0.25) is 4.68 Å². The molecule has 3 rings (SSSR count). The van der Waals surface area contributed by atoms with E-state index in [2.05, 4.69) is 19.2 Å². The van der Waals surface area contributed by atoms with Crippen LogP contribution >= 0.6 is 0 Å². The molecule has 0 N–H and O–H groups in total. The molecule has 0 bridgehead atoms. The van der Waals surface area contributed by atoms with Gasteiger partial charge in [-0.2, -0.15) is 15.1 Å². The number of fused-ring (bicyclic) bond motifs is 3. The van der Waals surface area contributed by atoms with Crippen LogP contribution in [-0.4, -0.2) is 37.8 Å². The molecule has 8 nitrogen and oxygen atoms in total. The smallest absolute Gasteiger partial charge is 0.461 e. The van der Waals surface area contributed by atoms with E-state index in [0.29, 0.717) is 29.7 Å². The van der Waals surface area contributed by atoms with Gasteiger partial charge in [-0.15, -0.1) is 13.2 Å². The second kappa shape index (κ2) is 6.67. The summed E-state index contributed by atoms with van der Waals surface area (Å²) in [5, 5.41) is 4.14. The zero-order chi connectivity index (χ0) is 19.1. The molecular weight excluding hydrogens is 377 g/mol. The van der Waals surface area contributed by atoms with Crippen molar-refractivity contribution in [3.05, 3.63) is 23.0 Å². The second-order valence-corrected chi connectivity index (χ2v) is 6.57. The van der Waals surface area contributed by atoms with Crippen molar-refractivity contribution in [1.29, 1.82) is 0 Å². The molecule has 0 saturated heterocycles. The number of aromatic nitrogens is 4. The predicted octanol–water partition coefficient (Wildman–Crippen LogP) is 1.66. The van der Waals surface area contributed by atoms with Gasteiger partial charge in [0.2, 0.25) is 0 Å². The van der Waals surface area contributed by atoms with Crippen molar-refractivity contribution < 1.29 is 31.1 Å². The van der Waals surface area contributed by atoms with Crippen molar-refractivity contribution in [2.45, 2.75) is 25.3 Å². The lowest BCUT2D eigenvalue weighted by Crippen LogP contribution is -2.21. The highest BCUT2D eigenvalue weighted by atomic mass is 32.2. The van der Waals surface area contributed by atoms with Crippen molar-refractivity contribution in [3.63, 3.8) is 0 Å². The molecule has 0 aromatic carbocycles. The molecule has 0 amide bonds. The van der Waals surface area contributed by atoms with E-state index in [1.165, 1.54) is 10.9 Å². The minimum absolute atomic E-state index is 0.137. The van der Waals surface area contributed by atoms with Gasteiger partial charge in [0.15, 0.2) is 5.69 Å². The van der Waals surface area contributed by atoms with Gasteiger partial charge in [0.05, 0.1) is 18.0 Å². The number of rotatable bonds is 4. The minimum atomic E-state index is -5.01. The summed E-state index contributed by atoms with van der Waals surface area (Å²) in [5.41, 5.74) is -2.88. The summed E-state index contributed by atoms with van der Waals surface area (Å²) in [7, 11) is 1.58. The lowest BCUT2D eigenvalue weighted by Gasteiger charge is -2.16. The number of carbonyl (C=O) groups excluding carboxylic acids is 1. The van der Waals surface area contributed by atoms with Crippen LogP contribution in [0.15, 0.2) is 6.20 Å². The number of thiol groups is 1. The van der Waals surface area contributed by atoms with E-state index in [1.807, 2.05) is 0 Å². The fourth-order valence-corrected chi connectivity index (χ4v) is 3.01. The molecule has 12 heteroatoms. The number of hydrogen-bond donors (Lipinski definition) is 0. The predicted molar refractivity (Wildman–Crippen MR) is 83.7 cm³/mol. The zero-order valence-electron chi connectivity index (χ0n) is 13.7. The zero-order valence-corrected chi connectivity index (χ0v) is 14.6. The Morgan fingerprint density at radius 2 is 2.12 bits per heavy atom. The van der Waals surface area contributed by atoms with Gasteiger partial charge in [0, 0.05) is 18.8 Å². The first-order valence-corrected chi connectivity index (χ1v) is 8.71. The molecule has 0 aliphatic heterocycles. The Balaban J connectivity index is 2.02. The molecule has 0 fully saturated rings. The van der Waals surface area contributed by atoms with E-state index in [9.17, 15) is 22.2 Å². The van der Waals surface area contributed by atoms with Crippen molar-refractivity contribution in [3.8, 4) is 17.4 Å². The van der Waals surface area contributed by atoms with Gasteiger partial charge in [-0.25, -0.2) is 8.98 Å². The molecule has 0 radical (unpaired) electrons. The fraction of sp³-hybridized carbons (Fsp3) is 0.429. The van der Waals surface area contributed by atoms with Gasteiger partial charge >= 0.3 is 28.6 Å². The topological polar surface area (TPSA) is 96.2 Å². The number of carbonyl (C=O) groups is 1. The van der Waals surface area contributed by atoms with E-state index < -0.39 is 28.6 Å². The van der Waals surface area contributed by atoms with Gasteiger partial charge in [0.25, 0.3) is 0 Å². The highest BCUT2D eigenvalue weighted by molar-refractivity contribution is 7.81. The maximum atomic E-state index is 12.4. The first-order chi connectivity index (χ1) is 12.2.